The van der Waals surface area contributed by atoms with Gasteiger partial charge in [0.2, 0.25) is 11.7 Å². The first kappa shape index (κ1) is 113. The number of nitrogens with one attached hydrogen (secondary N) is 1. The molecule has 9 rings (SSSR count). The van der Waals surface area contributed by atoms with Gasteiger partial charge in [-0.05, 0) is 91.9 Å². The van der Waals surface area contributed by atoms with E-state index in [1.165, 1.54) is 51.2 Å². The molecule has 0 aromatic heterocycles. The molecule has 0 aromatic rings. The van der Waals surface area contributed by atoms with Crippen molar-refractivity contribution in [3.8, 4) is 0 Å². The lowest BCUT2D eigenvalue weighted by atomic mass is 9.78. The molecule has 9 aliphatic heterocycles. The molecule has 2 bridgehead atoms. The maximum absolute atomic E-state index is 14.0. The van der Waals surface area contributed by atoms with Crippen molar-refractivity contribution >= 4 is 11.9 Å². The van der Waals surface area contributed by atoms with E-state index in [9.17, 15) is 122 Å². The zero-order valence-electron chi connectivity index (χ0n) is 78.3. The average Bonchev–Trinajstić information content (AvgIpc) is 0.756. The number of cyclic esters (lactones) is 1. The Morgan fingerprint density at radius 3 is 1.75 bits per heavy atom. The van der Waals surface area contributed by atoms with Gasteiger partial charge >= 0.3 is 5.97 Å². The second kappa shape index (κ2) is 51.4. The molecule has 0 aromatic carbocycles. The van der Waals surface area contributed by atoms with Gasteiger partial charge < -0.3 is 199 Å². The smallest absolute Gasteiger partial charge is 0.331 e. The molecule has 25 N–H and O–H groups in total. The third-order valence-corrected chi connectivity index (χ3v) is 27.9. The summed E-state index contributed by atoms with van der Waals surface area (Å²) in [5, 5.41) is 254. The fourth-order valence-corrected chi connectivity index (χ4v) is 19.5. The zero-order chi connectivity index (χ0) is 98.3. The maximum atomic E-state index is 14.0. The lowest BCUT2D eigenvalue weighted by molar-refractivity contribution is -0.399. The number of ether oxygens (including phenoxy) is 16. The fraction of sp³-hybridized carbons (Fsp3) is 0.890. The van der Waals surface area contributed by atoms with Gasteiger partial charge in [0.05, 0.1) is 136 Å². The van der Waals surface area contributed by atoms with Crippen molar-refractivity contribution in [3.63, 3.8) is 0 Å². The number of hydrogen-bond acceptors (Lipinski definition) is 41. The normalized spacial score (nSPS) is 47.7. The van der Waals surface area contributed by atoms with Gasteiger partial charge in [0.15, 0.2) is 44.0 Å². The number of aliphatic hydroxyl groups is 22. The van der Waals surface area contributed by atoms with Crippen molar-refractivity contribution in [1.82, 2.24) is 5.32 Å². The summed E-state index contributed by atoms with van der Waals surface area (Å²) in [5.41, 5.74) is 5.50. The summed E-state index contributed by atoms with van der Waals surface area (Å²) >= 11 is 0. The van der Waals surface area contributed by atoms with E-state index in [2.05, 4.69) is 5.32 Å². The summed E-state index contributed by atoms with van der Waals surface area (Å²) < 4.78 is 99.7. The standard InChI is InChI=1S/C91H156N2O40/c1-14-57(123-67-28-26-58(46(8)119-67)124-68-29-27-59(47(9)120-68)125-70-36-90(13,92)84(115)49(11)121-70)43(5)72(104)44(6)73(105)45(7)83-40(2)20-18-19-22-52(98)31-54(100)32-55(101)33-60(127-87-71(93-50(12)96)78(110)76(108)63(37-94)129-87)42(4)61-34-56(102)85(116)91(117,133-61)86(41(3)24-25-53(99)30-51(97)21-16-15-17-23-66(103)131-83)132-69-35-62(128-89-82(114)80(112)77(109)64(38-95)130-89)75(107)65(126-69)39-118-88-81(113)79(111)74(106)48(10)122-88/h15-20,22-23,40-49,51-65,67-89,94-95,97-102,104-117H,14,21,24-39,92H2,1-13H3,(H,93,96)/b16-15-,20-18-,22-19-,23-17-/t40-,41+,42-,43-,44+,45-,46+,47+,48+,49-,51+,52+,53-,54-,55+,56-,57-,58+,59+,60-,61+,62+,63+,64+,65+,67-,68-,69-,70-,71+,72-,73-,74+,75-,76+,77+,78+,79-,80-,81-,82+,83+,84+,85+,86+,87-,88+,89+,90-,91+/m0/s1. The first-order valence-electron chi connectivity index (χ1n) is 47.2. The number of aliphatic hydroxyl groups excluding tert-OH is 21. The Balaban J connectivity index is 0.943. The predicted octanol–water partition coefficient (Wildman–Crippen LogP) is -3.54. The molecule has 42 heteroatoms. The van der Waals surface area contributed by atoms with E-state index in [1.54, 1.807) is 46.8 Å². The van der Waals surface area contributed by atoms with E-state index in [4.69, 9.17) is 81.5 Å². The van der Waals surface area contributed by atoms with E-state index in [1.807, 2.05) is 27.7 Å². The molecule has 9 aliphatic rings. The average molecular weight is 1920 g/mol. The van der Waals surface area contributed by atoms with Gasteiger partial charge in [0.25, 0.3) is 0 Å². The molecule has 8 saturated heterocycles. The Hall–Kier alpha value is -3.62. The third-order valence-electron chi connectivity index (χ3n) is 27.9. The number of amides is 1. The van der Waals surface area contributed by atoms with Crippen LogP contribution in [-0.4, -0.2) is 413 Å². The van der Waals surface area contributed by atoms with Crippen LogP contribution in [0.2, 0.25) is 0 Å². The van der Waals surface area contributed by atoms with Crippen molar-refractivity contribution in [1.29, 1.82) is 0 Å². The number of allylic oxidation sites excluding steroid dienone is 4. The van der Waals surface area contributed by atoms with Gasteiger partial charge in [-0.2, -0.15) is 0 Å². The number of nitrogens with two attached hydrogens (primary N) is 1. The quantitative estimate of drug-likeness (QED) is 0.0394. The van der Waals surface area contributed by atoms with Gasteiger partial charge in [-0.25, -0.2) is 4.79 Å². The summed E-state index contributed by atoms with van der Waals surface area (Å²) in [6, 6.07) is -1.60. The van der Waals surface area contributed by atoms with Crippen LogP contribution in [0.15, 0.2) is 48.6 Å². The Morgan fingerprint density at radius 2 is 1.11 bits per heavy atom. The Morgan fingerprint density at radius 1 is 0.526 bits per heavy atom. The summed E-state index contributed by atoms with van der Waals surface area (Å²) in [7, 11) is 0. The maximum Gasteiger partial charge on any atom is 0.331 e. The molecule has 0 unspecified atom stereocenters. The van der Waals surface area contributed by atoms with Crippen LogP contribution in [0.25, 0.3) is 0 Å². The zero-order valence-corrected chi connectivity index (χ0v) is 78.3. The molecular weight excluding hydrogens is 1760 g/mol. The summed E-state index contributed by atoms with van der Waals surface area (Å²) in [6.07, 6.45) is -45.7. The van der Waals surface area contributed by atoms with Crippen LogP contribution < -0.4 is 11.1 Å². The monoisotopic (exact) mass is 1920 g/mol. The SMILES string of the molecule is CC[C@H](O[C@H]1CC[C@@H](O[C@H]2CC[C@@H](O[C@H]3C[C@](C)(N)[C@H](O)[C@H](C)O3)[C@@H](C)O2)[C@@H](C)O1)[C@H](C)[C@H](O)[C@@H](C)[C@H](O)[C@H](C)[C@@H]1OC(=O)/C=C\C=C/C[C@@H](O)C[C@@H](O)CC[C@@H](C)[C@@H](O[C@H]2C[C@@H](O[C@@H]3O[C@H](CO)[C@@H](O)[C@H](O)[C@H]3O)[C@H](O)[C@@H](CO[C@@H]3O[C@H](C)[C@@H](O)[C@H](O)[C@@H]3O)O2)[C@]2(O)O[C@H](C[C@H](O)[C@H]2O)[C@@H](C)[C@@H](O[C@H]2O[C@H](CO)[C@@H](O)[C@H](O)[C@H]2NC(C)=O)C[C@H](O)C[C@@H](O)C[C@H](O)/C=C\C=C/[C@@H]1C. The van der Waals surface area contributed by atoms with Gasteiger partial charge in [0, 0.05) is 93.1 Å². The summed E-state index contributed by atoms with van der Waals surface area (Å²) in [6.45, 7) is 19.0. The molecule has 0 aliphatic carbocycles. The predicted molar refractivity (Wildman–Crippen MR) is 463 cm³/mol. The van der Waals surface area contributed by atoms with Crippen LogP contribution in [0, 0.1) is 35.5 Å². The molecule has 0 radical (unpaired) electrons. The van der Waals surface area contributed by atoms with E-state index in [-0.39, 0.29) is 44.0 Å². The van der Waals surface area contributed by atoms with Crippen molar-refractivity contribution in [2.45, 2.75) is 455 Å². The number of hydrogen-bond donors (Lipinski definition) is 24. The Kier molecular flexibility index (Phi) is 43.6. The first-order valence-corrected chi connectivity index (χ1v) is 47.2. The third kappa shape index (κ3) is 30.0. The van der Waals surface area contributed by atoms with Crippen LogP contribution in [0.1, 0.15) is 186 Å². The van der Waals surface area contributed by atoms with Crippen molar-refractivity contribution in [3.05, 3.63) is 48.6 Å². The summed E-state index contributed by atoms with van der Waals surface area (Å²) in [5.74, 6) is -10.2. The lowest BCUT2D eigenvalue weighted by Gasteiger charge is -2.52. The van der Waals surface area contributed by atoms with Crippen molar-refractivity contribution in [2.24, 2.45) is 41.2 Å². The highest BCUT2D eigenvalue weighted by atomic mass is 16.8. The molecule has 0 spiro atoms. The molecule has 770 valence electrons. The van der Waals surface area contributed by atoms with Crippen LogP contribution in [0.4, 0.5) is 0 Å². The van der Waals surface area contributed by atoms with E-state index in [0.29, 0.717) is 38.5 Å². The van der Waals surface area contributed by atoms with E-state index >= 15 is 0 Å². The highest BCUT2D eigenvalue weighted by Gasteiger charge is 2.60. The number of rotatable bonds is 25. The van der Waals surface area contributed by atoms with E-state index < -0.39 is 350 Å². The minimum atomic E-state index is -3.15. The highest BCUT2D eigenvalue weighted by molar-refractivity contribution is 5.82. The van der Waals surface area contributed by atoms with Crippen LogP contribution in [0.5, 0.6) is 0 Å². The van der Waals surface area contributed by atoms with Crippen molar-refractivity contribution < 1.29 is 198 Å². The van der Waals surface area contributed by atoms with Gasteiger partial charge in [0.1, 0.15) is 97.6 Å². The highest BCUT2D eigenvalue weighted by Crippen LogP contribution is 2.45. The molecule has 50 atom stereocenters. The molecule has 1 amide bonds. The molecule has 42 nitrogen and oxygen atoms in total. The molecule has 133 heavy (non-hydrogen) atoms. The Labute approximate surface area is 776 Å². The molecule has 8 fully saturated rings. The second-order valence-corrected chi connectivity index (χ2v) is 38.7. The van der Waals surface area contributed by atoms with Crippen molar-refractivity contribution in [2.75, 3.05) is 19.8 Å². The fourth-order valence-electron chi connectivity index (χ4n) is 19.5. The number of fused-ring (bicyclic) bond motifs is 2. The van der Waals surface area contributed by atoms with Gasteiger partial charge in [-0.15, -0.1) is 0 Å². The minimum absolute atomic E-state index is 0.0904. The Bertz CT molecular complexity index is 3580. The topological polar surface area (TPSA) is 665 Å². The number of esters is 1. The molecule has 9 heterocycles. The first-order chi connectivity index (χ1) is 62.6. The largest absolute Gasteiger partial charge is 0.458 e. The van der Waals surface area contributed by atoms with Crippen LogP contribution in [-0.2, 0) is 85.4 Å². The van der Waals surface area contributed by atoms with Crippen LogP contribution in [0.3, 0.4) is 0 Å². The molecule has 0 saturated carbocycles. The second-order valence-electron chi connectivity index (χ2n) is 38.7. The number of carbonyl (C=O) groups is 2. The minimum Gasteiger partial charge on any atom is -0.458 e. The van der Waals surface area contributed by atoms with E-state index in [0.717, 1.165) is 13.0 Å². The van der Waals surface area contributed by atoms with Gasteiger partial charge in [-0.1, -0.05) is 91.0 Å². The molecular formula is C91H156N2O40. The van der Waals surface area contributed by atoms with Gasteiger partial charge in [-0.3, -0.25) is 4.79 Å². The summed E-state index contributed by atoms with van der Waals surface area (Å²) in [4.78, 5) is 26.8. The number of carbonyl (C=O) groups excluding carboxylic acids is 2. The van der Waals surface area contributed by atoms with Crippen LogP contribution >= 0.6 is 0 Å². The lowest BCUT2D eigenvalue weighted by Crippen LogP contribution is -2.68.